The molecule has 0 unspecified atom stereocenters. The predicted octanol–water partition coefficient (Wildman–Crippen LogP) is 0.749. The van der Waals surface area contributed by atoms with Crippen molar-refractivity contribution in [2.75, 3.05) is 47.9 Å². The van der Waals surface area contributed by atoms with E-state index in [4.69, 9.17) is 35.0 Å². The van der Waals surface area contributed by atoms with Crippen LogP contribution in [0.4, 0.5) is 0 Å². The first kappa shape index (κ1) is 18.7. The van der Waals surface area contributed by atoms with Crippen LogP contribution in [0.1, 0.15) is 0 Å². The lowest BCUT2D eigenvalue weighted by atomic mass is 10.6. The normalized spacial score (nSPS) is 13.1. The standard InChI is InChI=1S/C8H16Cl3NO4S2/c9-1-5-17(13,14)7-3-12(11)4-8-18(15,16)6-2-10/h1-8H2. The van der Waals surface area contributed by atoms with E-state index < -0.39 is 19.7 Å². The van der Waals surface area contributed by atoms with Crippen LogP contribution < -0.4 is 0 Å². The van der Waals surface area contributed by atoms with Crippen molar-refractivity contribution in [3.63, 3.8) is 0 Å². The monoisotopic (exact) mass is 359 g/mol. The van der Waals surface area contributed by atoms with Crippen LogP contribution in [0.5, 0.6) is 0 Å². The molecule has 10 heteroatoms. The van der Waals surface area contributed by atoms with Crippen molar-refractivity contribution in [3.05, 3.63) is 0 Å². The Morgan fingerprint density at radius 1 is 0.722 bits per heavy atom. The second-order valence-corrected chi connectivity index (χ2v) is 9.43. The molecule has 0 aromatic heterocycles. The summed E-state index contributed by atoms with van der Waals surface area (Å²) in [5.74, 6) is -0.422. The highest BCUT2D eigenvalue weighted by atomic mass is 35.5. The fourth-order valence-electron chi connectivity index (χ4n) is 1.03. The van der Waals surface area contributed by atoms with E-state index in [1.165, 1.54) is 0 Å². The Kier molecular flexibility index (Phi) is 9.17. The van der Waals surface area contributed by atoms with E-state index >= 15 is 0 Å². The molecule has 0 aliphatic heterocycles. The molecule has 18 heavy (non-hydrogen) atoms. The molecule has 0 saturated heterocycles. The highest BCUT2D eigenvalue weighted by molar-refractivity contribution is 7.91. The smallest absolute Gasteiger partial charge is 0.152 e. The van der Waals surface area contributed by atoms with Crippen LogP contribution in [0.15, 0.2) is 0 Å². The Bertz CT molecular complexity index is 384. The SMILES string of the molecule is O=S(=O)(CCCl)CCN(Cl)CCS(=O)(=O)CCCl. The summed E-state index contributed by atoms with van der Waals surface area (Å²) >= 11 is 16.4. The van der Waals surface area contributed by atoms with Crippen molar-refractivity contribution in [2.45, 2.75) is 0 Å². The predicted molar refractivity (Wildman–Crippen MR) is 76.2 cm³/mol. The van der Waals surface area contributed by atoms with Crippen molar-refractivity contribution in [3.8, 4) is 0 Å². The second kappa shape index (κ2) is 8.81. The van der Waals surface area contributed by atoms with Crippen LogP contribution in [0.3, 0.4) is 0 Å². The molecule has 0 heterocycles. The minimum absolute atomic E-state index is 0.0364. The van der Waals surface area contributed by atoms with Crippen LogP contribution >= 0.6 is 35.0 Å². The molecule has 0 aliphatic rings. The molecule has 0 fully saturated rings. The van der Waals surface area contributed by atoms with Gasteiger partial charge in [-0.15, -0.1) is 23.2 Å². The third-order valence-corrected chi connectivity index (χ3v) is 6.49. The lowest BCUT2D eigenvalue weighted by Gasteiger charge is -2.13. The Labute approximate surface area is 123 Å². The zero-order valence-electron chi connectivity index (χ0n) is 9.69. The maximum absolute atomic E-state index is 11.3. The number of nitrogens with zero attached hydrogens (tertiary/aromatic N) is 1. The molecule has 0 N–H and O–H groups in total. The van der Waals surface area contributed by atoms with Gasteiger partial charge in [-0.05, 0) is 11.8 Å². The van der Waals surface area contributed by atoms with E-state index in [9.17, 15) is 16.8 Å². The van der Waals surface area contributed by atoms with Gasteiger partial charge in [0, 0.05) is 24.8 Å². The molecule has 110 valence electrons. The Morgan fingerprint density at radius 3 is 1.33 bits per heavy atom. The van der Waals surface area contributed by atoms with Gasteiger partial charge in [-0.1, -0.05) is 0 Å². The number of sulfone groups is 2. The van der Waals surface area contributed by atoms with Crippen molar-refractivity contribution < 1.29 is 16.8 Å². The largest absolute Gasteiger partial charge is 0.229 e. The van der Waals surface area contributed by atoms with Crippen LogP contribution in [-0.4, -0.2) is 69.1 Å². The molecular weight excluding hydrogens is 345 g/mol. The van der Waals surface area contributed by atoms with E-state index in [1.807, 2.05) is 0 Å². The van der Waals surface area contributed by atoms with Crippen LogP contribution in [0.25, 0.3) is 0 Å². The molecule has 0 bridgehead atoms. The molecule has 0 radical (unpaired) electrons. The van der Waals surface area contributed by atoms with Crippen molar-refractivity contribution in [2.24, 2.45) is 0 Å². The van der Waals surface area contributed by atoms with Gasteiger partial charge in [-0.2, -0.15) is 0 Å². The maximum Gasteiger partial charge on any atom is 0.152 e. The Morgan fingerprint density at radius 2 is 1.06 bits per heavy atom. The average molecular weight is 361 g/mol. The Hall–Kier alpha value is 0.730. The first-order valence-corrected chi connectivity index (χ1v) is 10.2. The number of halogens is 3. The summed E-state index contributed by atoms with van der Waals surface area (Å²) in [4.78, 5) is 0. The maximum atomic E-state index is 11.3. The number of hydrogen-bond acceptors (Lipinski definition) is 5. The summed E-state index contributed by atoms with van der Waals surface area (Å²) in [6.07, 6.45) is 0. The van der Waals surface area contributed by atoms with Gasteiger partial charge in [-0.25, -0.2) is 21.3 Å². The summed E-state index contributed by atoms with van der Waals surface area (Å²) in [5, 5.41) is 0. The topological polar surface area (TPSA) is 71.5 Å². The molecule has 0 atom stereocenters. The van der Waals surface area contributed by atoms with Crippen molar-refractivity contribution in [1.82, 2.24) is 4.42 Å². The van der Waals surface area contributed by atoms with Gasteiger partial charge in [-0.3, -0.25) is 0 Å². The summed E-state index contributed by atoms with van der Waals surface area (Å²) in [6.45, 7) is 0.133. The zero-order valence-corrected chi connectivity index (χ0v) is 13.6. The van der Waals surface area contributed by atoms with Crippen LogP contribution in [0, 0.1) is 0 Å². The van der Waals surface area contributed by atoms with Gasteiger partial charge in [0.15, 0.2) is 19.7 Å². The first-order valence-electron chi connectivity index (χ1n) is 5.16. The Balaban J connectivity index is 4.03. The number of alkyl halides is 2. The minimum atomic E-state index is -3.22. The van der Waals surface area contributed by atoms with Crippen molar-refractivity contribution >= 4 is 54.7 Å². The van der Waals surface area contributed by atoms with E-state index in [1.54, 1.807) is 0 Å². The minimum Gasteiger partial charge on any atom is -0.229 e. The lowest BCUT2D eigenvalue weighted by molar-refractivity contribution is 0.497. The third-order valence-electron chi connectivity index (χ3n) is 2.07. The fourth-order valence-corrected chi connectivity index (χ4v) is 4.68. The molecule has 0 aromatic rings. The van der Waals surface area contributed by atoms with Crippen LogP contribution in [-0.2, 0) is 19.7 Å². The van der Waals surface area contributed by atoms with E-state index in [2.05, 4.69) is 0 Å². The molecule has 0 aliphatic carbocycles. The van der Waals surface area contributed by atoms with Gasteiger partial charge in [0.1, 0.15) is 0 Å². The summed E-state index contributed by atoms with van der Waals surface area (Å²) < 4.78 is 46.5. The number of rotatable bonds is 10. The molecule has 0 saturated carbocycles. The average Bonchev–Trinajstić information content (AvgIpc) is 2.24. The highest BCUT2D eigenvalue weighted by Crippen LogP contribution is 2.01. The third kappa shape index (κ3) is 9.63. The zero-order chi connectivity index (χ0) is 14.2. The second-order valence-electron chi connectivity index (χ2n) is 3.59. The molecular formula is C8H16Cl3NO4S2. The molecule has 0 rings (SSSR count). The number of hydrogen-bond donors (Lipinski definition) is 0. The summed E-state index contributed by atoms with van der Waals surface area (Å²) in [7, 11) is -6.44. The first-order chi connectivity index (χ1) is 8.22. The van der Waals surface area contributed by atoms with E-state index in [0.29, 0.717) is 0 Å². The van der Waals surface area contributed by atoms with Gasteiger partial charge in [0.2, 0.25) is 0 Å². The van der Waals surface area contributed by atoms with Gasteiger partial charge in [0.05, 0.1) is 23.0 Å². The van der Waals surface area contributed by atoms with Gasteiger partial charge >= 0.3 is 0 Å². The lowest BCUT2D eigenvalue weighted by Crippen LogP contribution is -2.28. The van der Waals surface area contributed by atoms with E-state index in [-0.39, 0.29) is 47.9 Å². The molecule has 5 nitrogen and oxygen atoms in total. The summed E-state index contributed by atoms with van der Waals surface area (Å²) in [5.41, 5.74) is 0. The van der Waals surface area contributed by atoms with E-state index in [0.717, 1.165) is 4.42 Å². The highest BCUT2D eigenvalue weighted by Gasteiger charge is 2.15. The molecule has 0 amide bonds. The fraction of sp³-hybridized carbons (Fsp3) is 1.00. The molecule has 0 aromatic carbocycles. The quantitative estimate of drug-likeness (QED) is 0.425. The van der Waals surface area contributed by atoms with Gasteiger partial charge in [0.25, 0.3) is 0 Å². The van der Waals surface area contributed by atoms with Gasteiger partial charge < -0.3 is 0 Å². The van der Waals surface area contributed by atoms with Crippen molar-refractivity contribution in [1.29, 1.82) is 0 Å². The van der Waals surface area contributed by atoms with Crippen LogP contribution in [0.2, 0.25) is 0 Å². The molecule has 0 spiro atoms. The summed E-state index contributed by atoms with van der Waals surface area (Å²) in [6, 6.07) is 0.